The SMILES string of the molecule is Cn1ncc(C(O)C2CC(C)(C)OC2(C)C)c1N. The van der Waals surface area contributed by atoms with E-state index in [0.29, 0.717) is 11.4 Å². The number of aryl methyl sites for hydroxylation is 1. The molecule has 5 heteroatoms. The highest BCUT2D eigenvalue weighted by atomic mass is 16.5. The molecule has 1 fully saturated rings. The molecule has 0 aliphatic carbocycles. The smallest absolute Gasteiger partial charge is 0.127 e. The summed E-state index contributed by atoms with van der Waals surface area (Å²) in [7, 11) is 1.77. The van der Waals surface area contributed by atoms with Crippen LogP contribution >= 0.6 is 0 Å². The summed E-state index contributed by atoms with van der Waals surface area (Å²) in [4.78, 5) is 0. The molecule has 1 aliphatic rings. The van der Waals surface area contributed by atoms with E-state index in [0.717, 1.165) is 6.42 Å². The van der Waals surface area contributed by atoms with Crippen molar-refractivity contribution < 1.29 is 9.84 Å². The summed E-state index contributed by atoms with van der Waals surface area (Å²) in [6, 6.07) is 0. The van der Waals surface area contributed by atoms with Crippen LogP contribution in [0.5, 0.6) is 0 Å². The van der Waals surface area contributed by atoms with E-state index in [-0.39, 0.29) is 17.1 Å². The van der Waals surface area contributed by atoms with Gasteiger partial charge in [0.25, 0.3) is 0 Å². The molecule has 2 rings (SSSR count). The van der Waals surface area contributed by atoms with Crippen LogP contribution in [-0.4, -0.2) is 26.1 Å². The number of nitrogens with two attached hydrogens (primary N) is 1. The summed E-state index contributed by atoms with van der Waals surface area (Å²) in [5.74, 6) is 0.530. The Hall–Kier alpha value is -1.07. The number of aliphatic hydroxyl groups excluding tert-OH is 1. The summed E-state index contributed by atoms with van der Waals surface area (Å²) in [6.07, 6.45) is 1.80. The highest BCUT2D eigenvalue weighted by Crippen LogP contribution is 2.48. The first kappa shape index (κ1) is 13.4. The van der Waals surface area contributed by atoms with Gasteiger partial charge >= 0.3 is 0 Å². The molecule has 0 spiro atoms. The van der Waals surface area contributed by atoms with Gasteiger partial charge in [0.05, 0.1) is 23.5 Å². The molecule has 18 heavy (non-hydrogen) atoms. The Morgan fingerprint density at radius 1 is 1.50 bits per heavy atom. The van der Waals surface area contributed by atoms with Gasteiger partial charge in [0.2, 0.25) is 0 Å². The Bertz CT molecular complexity index is 451. The largest absolute Gasteiger partial charge is 0.388 e. The van der Waals surface area contributed by atoms with Gasteiger partial charge in [0, 0.05) is 18.5 Å². The van der Waals surface area contributed by atoms with Crippen LogP contribution in [0.3, 0.4) is 0 Å². The van der Waals surface area contributed by atoms with Gasteiger partial charge in [0.1, 0.15) is 5.82 Å². The second-order valence-electron chi connectivity index (χ2n) is 6.33. The number of aliphatic hydroxyl groups is 1. The average molecular weight is 253 g/mol. The third-order valence-corrected chi connectivity index (χ3v) is 3.86. The van der Waals surface area contributed by atoms with Crippen molar-refractivity contribution in [3.8, 4) is 0 Å². The van der Waals surface area contributed by atoms with Gasteiger partial charge in [-0.3, -0.25) is 4.68 Å². The van der Waals surface area contributed by atoms with Crippen molar-refractivity contribution in [2.75, 3.05) is 5.73 Å². The van der Waals surface area contributed by atoms with E-state index in [9.17, 15) is 5.11 Å². The monoisotopic (exact) mass is 253 g/mol. The molecule has 1 aromatic heterocycles. The van der Waals surface area contributed by atoms with E-state index in [1.54, 1.807) is 17.9 Å². The number of aromatic nitrogens is 2. The van der Waals surface area contributed by atoms with Crippen LogP contribution < -0.4 is 5.73 Å². The van der Waals surface area contributed by atoms with Gasteiger partial charge in [-0.05, 0) is 34.1 Å². The molecule has 1 aromatic rings. The van der Waals surface area contributed by atoms with Gasteiger partial charge in [-0.15, -0.1) is 0 Å². The Balaban J connectivity index is 2.29. The minimum absolute atomic E-state index is 0.0130. The highest BCUT2D eigenvalue weighted by molar-refractivity contribution is 5.40. The van der Waals surface area contributed by atoms with Crippen molar-refractivity contribution in [1.29, 1.82) is 0 Å². The lowest BCUT2D eigenvalue weighted by atomic mass is 9.81. The van der Waals surface area contributed by atoms with Gasteiger partial charge in [-0.25, -0.2) is 0 Å². The molecule has 1 saturated heterocycles. The number of rotatable bonds is 2. The molecule has 102 valence electrons. The summed E-state index contributed by atoms with van der Waals surface area (Å²) in [5.41, 5.74) is 6.03. The molecule has 2 heterocycles. The van der Waals surface area contributed by atoms with E-state index in [1.807, 2.05) is 27.7 Å². The third-order valence-electron chi connectivity index (χ3n) is 3.86. The standard InChI is InChI=1S/C13H23N3O2/c1-12(2)6-9(13(3,4)18-12)10(17)8-7-15-16(5)11(8)14/h7,9-10,17H,6,14H2,1-5H3. The van der Waals surface area contributed by atoms with E-state index in [1.165, 1.54) is 0 Å². The maximum atomic E-state index is 10.6. The normalized spacial score (nSPS) is 27.3. The Labute approximate surface area is 108 Å². The number of ether oxygens (including phenoxy) is 1. The van der Waals surface area contributed by atoms with Crippen LogP contribution in [0.1, 0.15) is 45.8 Å². The molecule has 0 bridgehead atoms. The lowest BCUT2D eigenvalue weighted by Gasteiger charge is -2.30. The van der Waals surface area contributed by atoms with Gasteiger partial charge in [0.15, 0.2) is 0 Å². The van der Waals surface area contributed by atoms with Crippen LogP contribution in [0, 0.1) is 5.92 Å². The summed E-state index contributed by atoms with van der Waals surface area (Å²) in [6.45, 7) is 8.13. The number of nitrogen functional groups attached to an aromatic ring is 1. The fourth-order valence-electron chi connectivity index (χ4n) is 3.01. The topological polar surface area (TPSA) is 73.3 Å². The van der Waals surface area contributed by atoms with Crippen LogP contribution in [0.4, 0.5) is 5.82 Å². The zero-order chi connectivity index (χ0) is 13.7. The van der Waals surface area contributed by atoms with Gasteiger partial charge in [-0.1, -0.05) is 0 Å². The van der Waals surface area contributed by atoms with Crippen LogP contribution in [0.2, 0.25) is 0 Å². The Morgan fingerprint density at radius 3 is 2.50 bits per heavy atom. The van der Waals surface area contributed by atoms with Crippen molar-refractivity contribution >= 4 is 5.82 Å². The van der Waals surface area contributed by atoms with Crippen molar-refractivity contribution in [2.24, 2.45) is 13.0 Å². The molecule has 3 N–H and O–H groups in total. The molecule has 0 saturated carbocycles. The second kappa shape index (κ2) is 3.96. The number of anilines is 1. The summed E-state index contributed by atoms with van der Waals surface area (Å²) in [5, 5.41) is 14.7. The Kier molecular flexibility index (Phi) is 2.94. The molecule has 2 unspecified atom stereocenters. The zero-order valence-electron chi connectivity index (χ0n) is 11.8. The minimum atomic E-state index is -0.643. The average Bonchev–Trinajstić information content (AvgIpc) is 2.64. The molecule has 2 atom stereocenters. The molecular weight excluding hydrogens is 230 g/mol. The van der Waals surface area contributed by atoms with E-state index in [4.69, 9.17) is 10.5 Å². The molecule has 0 aromatic carbocycles. The van der Waals surface area contributed by atoms with Crippen LogP contribution in [0.25, 0.3) is 0 Å². The fourth-order valence-corrected chi connectivity index (χ4v) is 3.01. The first-order valence-electron chi connectivity index (χ1n) is 6.30. The van der Waals surface area contributed by atoms with Crippen molar-refractivity contribution in [3.05, 3.63) is 11.8 Å². The first-order chi connectivity index (χ1) is 8.14. The lowest BCUT2D eigenvalue weighted by Crippen LogP contribution is -2.32. The van der Waals surface area contributed by atoms with E-state index >= 15 is 0 Å². The third kappa shape index (κ3) is 2.12. The number of hydrogen-bond acceptors (Lipinski definition) is 4. The highest BCUT2D eigenvalue weighted by Gasteiger charge is 2.49. The number of nitrogens with zero attached hydrogens (tertiary/aromatic N) is 2. The predicted molar refractivity (Wildman–Crippen MR) is 69.9 cm³/mol. The van der Waals surface area contributed by atoms with E-state index < -0.39 is 6.10 Å². The number of hydrogen-bond donors (Lipinski definition) is 2. The Morgan fingerprint density at radius 2 is 2.11 bits per heavy atom. The molecule has 1 aliphatic heterocycles. The quantitative estimate of drug-likeness (QED) is 0.840. The minimum Gasteiger partial charge on any atom is -0.388 e. The van der Waals surface area contributed by atoms with Crippen molar-refractivity contribution in [1.82, 2.24) is 9.78 Å². The molecular formula is C13H23N3O2. The molecule has 0 radical (unpaired) electrons. The van der Waals surface area contributed by atoms with E-state index in [2.05, 4.69) is 5.10 Å². The van der Waals surface area contributed by atoms with Crippen molar-refractivity contribution in [2.45, 2.75) is 51.4 Å². The van der Waals surface area contributed by atoms with Gasteiger partial charge < -0.3 is 15.6 Å². The molecule has 0 amide bonds. The second-order valence-corrected chi connectivity index (χ2v) is 6.33. The fraction of sp³-hybridized carbons (Fsp3) is 0.769. The van der Waals surface area contributed by atoms with Crippen LogP contribution in [-0.2, 0) is 11.8 Å². The molecule has 5 nitrogen and oxygen atoms in total. The first-order valence-corrected chi connectivity index (χ1v) is 6.30. The predicted octanol–water partition coefficient (Wildman–Crippen LogP) is 1.63. The lowest BCUT2D eigenvalue weighted by molar-refractivity contribution is -0.0879. The maximum Gasteiger partial charge on any atom is 0.127 e. The summed E-state index contributed by atoms with van der Waals surface area (Å²) >= 11 is 0. The maximum absolute atomic E-state index is 10.6. The summed E-state index contributed by atoms with van der Waals surface area (Å²) < 4.78 is 7.59. The van der Waals surface area contributed by atoms with Crippen molar-refractivity contribution in [3.63, 3.8) is 0 Å². The van der Waals surface area contributed by atoms with Crippen LogP contribution in [0.15, 0.2) is 6.20 Å². The zero-order valence-corrected chi connectivity index (χ0v) is 11.8. The van der Waals surface area contributed by atoms with Gasteiger partial charge in [-0.2, -0.15) is 5.10 Å².